The Kier molecular flexibility index (Phi) is 4.31. The van der Waals surface area contributed by atoms with E-state index in [0.717, 1.165) is 19.6 Å². The lowest BCUT2D eigenvalue weighted by molar-refractivity contribution is -0.150. The Hall–Kier alpha value is -2.18. The van der Waals surface area contributed by atoms with Crippen LogP contribution in [0.3, 0.4) is 0 Å². The lowest BCUT2D eigenvalue weighted by Crippen LogP contribution is -2.52. The molecule has 2 unspecified atom stereocenters. The molecule has 6 nitrogen and oxygen atoms in total. The number of carboxylic acid groups (broad SMARTS) is 1. The first-order valence-electron chi connectivity index (χ1n) is 8.75. The Labute approximate surface area is 146 Å². The van der Waals surface area contributed by atoms with Crippen LogP contribution >= 0.6 is 0 Å². The monoisotopic (exact) mass is 342 g/mol. The van der Waals surface area contributed by atoms with Crippen molar-refractivity contribution >= 4 is 11.9 Å². The molecule has 2 saturated heterocycles. The molecule has 3 aliphatic heterocycles. The van der Waals surface area contributed by atoms with Crippen LogP contribution in [0, 0.1) is 11.8 Å². The summed E-state index contributed by atoms with van der Waals surface area (Å²) in [6, 6.07) is 10.3. The molecular formula is C19H22N2O4. The highest BCUT2D eigenvalue weighted by Crippen LogP contribution is 2.40. The maximum absolute atomic E-state index is 12.9. The summed E-state index contributed by atoms with van der Waals surface area (Å²) >= 11 is 0. The number of nitrogens with zero attached hydrogens (tertiary/aromatic N) is 2. The van der Waals surface area contributed by atoms with Crippen molar-refractivity contribution in [2.24, 2.45) is 11.8 Å². The summed E-state index contributed by atoms with van der Waals surface area (Å²) in [6.07, 6.45) is 2.75. The molecule has 6 heteroatoms. The molecule has 2 fully saturated rings. The minimum atomic E-state index is -0.946. The second-order valence-electron chi connectivity index (χ2n) is 6.93. The van der Waals surface area contributed by atoms with E-state index in [-0.39, 0.29) is 12.0 Å². The van der Waals surface area contributed by atoms with Gasteiger partial charge in [0.25, 0.3) is 0 Å². The Morgan fingerprint density at radius 3 is 2.28 bits per heavy atom. The van der Waals surface area contributed by atoms with Gasteiger partial charge in [0.1, 0.15) is 5.92 Å². The number of ether oxygens (including phenoxy) is 1. The van der Waals surface area contributed by atoms with E-state index in [1.165, 1.54) is 5.56 Å². The largest absolute Gasteiger partial charge is 0.481 e. The van der Waals surface area contributed by atoms with Crippen molar-refractivity contribution in [3.63, 3.8) is 0 Å². The summed E-state index contributed by atoms with van der Waals surface area (Å²) in [6.45, 7) is 3.75. The standard InChI is InChI=1S/C19H22N2O4/c22-18(16-14-6-7-15(25-14)17(16)19(23)24)21-10-8-20(9-11-21)12-13-4-2-1-3-5-13/h1-7,14-17H,8-12H2,(H,23,24)/t14-,15+,16?,17?/m1/s1. The molecule has 4 rings (SSSR count). The molecule has 0 aromatic heterocycles. The third-order valence-corrected chi connectivity index (χ3v) is 5.40. The van der Waals surface area contributed by atoms with Gasteiger partial charge in [0, 0.05) is 32.7 Å². The molecule has 0 aliphatic carbocycles. The van der Waals surface area contributed by atoms with E-state index in [9.17, 15) is 14.7 Å². The van der Waals surface area contributed by atoms with Gasteiger partial charge in [-0.1, -0.05) is 42.5 Å². The number of amides is 1. The van der Waals surface area contributed by atoms with Crippen LogP contribution in [0.2, 0.25) is 0 Å². The highest BCUT2D eigenvalue weighted by Gasteiger charge is 2.54. The SMILES string of the molecule is O=C(O)C1C(C(=O)N2CCN(Cc3ccccc3)CC2)[C@H]2C=C[C@@H]1O2. The van der Waals surface area contributed by atoms with E-state index in [2.05, 4.69) is 17.0 Å². The molecule has 3 aliphatic rings. The Bertz CT molecular complexity index is 682. The van der Waals surface area contributed by atoms with Crippen molar-refractivity contribution in [3.05, 3.63) is 48.0 Å². The van der Waals surface area contributed by atoms with Crippen LogP contribution < -0.4 is 0 Å². The van der Waals surface area contributed by atoms with Gasteiger partial charge in [-0.05, 0) is 5.56 Å². The zero-order valence-corrected chi connectivity index (χ0v) is 14.0. The van der Waals surface area contributed by atoms with Gasteiger partial charge in [-0.25, -0.2) is 0 Å². The summed E-state index contributed by atoms with van der Waals surface area (Å²) in [7, 11) is 0. The van der Waals surface area contributed by atoms with Gasteiger partial charge in [-0.2, -0.15) is 0 Å². The molecule has 132 valence electrons. The van der Waals surface area contributed by atoms with Crippen LogP contribution in [0.5, 0.6) is 0 Å². The van der Waals surface area contributed by atoms with Crippen molar-refractivity contribution in [2.45, 2.75) is 18.8 Å². The molecule has 1 N–H and O–H groups in total. The predicted octanol–water partition coefficient (Wildman–Crippen LogP) is 0.985. The van der Waals surface area contributed by atoms with Gasteiger partial charge in [0.05, 0.1) is 18.1 Å². The third kappa shape index (κ3) is 3.07. The Morgan fingerprint density at radius 1 is 1.00 bits per heavy atom. The van der Waals surface area contributed by atoms with Gasteiger partial charge in [0.2, 0.25) is 5.91 Å². The van der Waals surface area contributed by atoms with Gasteiger partial charge in [0.15, 0.2) is 0 Å². The van der Waals surface area contributed by atoms with Crippen molar-refractivity contribution < 1.29 is 19.4 Å². The van der Waals surface area contributed by atoms with Crippen LogP contribution in [0.4, 0.5) is 0 Å². The number of hydrogen-bond acceptors (Lipinski definition) is 4. The van der Waals surface area contributed by atoms with E-state index in [1.54, 1.807) is 11.0 Å². The van der Waals surface area contributed by atoms with Crippen LogP contribution in [0.15, 0.2) is 42.5 Å². The van der Waals surface area contributed by atoms with Crippen LogP contribution in [0.1, 0.15) is 5.56 Å². The summed E-state index contributed by atoms with van der Waals surface area (Å²) in [4.78, 5) is 28.6. The minimum Gasteiger partial charge on any atom is -0.481 e. The maximum Gasteiger partial charge on any atom is 0.310 e. The number of benzene rings is 1. The van der Waals surface area contributed by atoms with E-state index >= 15 is 0 Å². The Balaban J connectivity index is 1.37. The molecule has 0 radical (unpaired) electrons. The molecule has 4 atom stereocenters. The zero-order valence-electron chi connectivity index (χ0n) is 14.0. The van der Waals surface area contributed by atoms with Crippen LogP contribution in [-0.4, -0.2) is 65.2 Å². The third-order valence-electron chi connectivity index (χ3n) is 5.40. The molecule has 3 heterocycles. The number of piperazine rings is 1. The fourth-order valence-corrected chi connectivity index (χ4v) is 4.08. The topological polar surface area (TPSA) is 70.1 Å². The maximum atomic E-state index is 12.9. The summed E-state index contributed by atoms with van der Waals surface area (Å²) < 4.78 is 5.62. The highest BCUT2D eigenvalue weighted by atomic mass is 16.5. The quantitative estimate of drug-likeness (QED) is 0.826. The molecular weight excluding hydrogens is 320 g/mol. The summed E-state index contributed by atoms with van der Waals surface area (Å²) in [5, 5.41) is 9.47. The molecule has 25 heavy (non-hydrogen) atoms. The number of carbonyl (C=O) groups is 2. The van der Waals surface area contributed by atoms with E-state index < -0.39 is 23.9 Å². The molecule has 1 aromatic rings. The summed E-state index contributed by atoms with van der Waals surface area (Å²) in [5.41, 5.74) is 1.26. The van der Waals surface area contributed by atoms with Crippen LogP contribution in [-0.2, 0) is 20.9 Å². The van der Waals surface area contributed by atoms with E-state index in [4.69, 9.17) is 4.74 Å². The van der Waals surface area contributed by atoms with Gasteiger partial charge in [-0.15, -0.1) is 0 Å². The fourth-order valence-electron chi connectivity index (χ4n) is 4.08. The normalized spacial score (nSPS) is 31.4. The second kappa shape index (κ2) is 6.61. The average molecular weight is 342 g/mol. The fraction of sp³-hybridized carbons (Fsp3) is 0.474. The summed E-state index contributed by atoms with van der Waals surface area (Å²) in [5.74, 6) is -2.38. The molecule has 2 bridgehead atoms. The first kappa shape index (κ1) is 16.3. The van der Waals surface area contributed by atoms with Crippen molar-refractivity contribution in [3.8, 4) is 0 Å². The number of fused-ring (bicyclic) bond motifs is 2. The van der Waals surface area contributed by atoms with Gasteiger partial charge >= 0.3 is 5.97 Å². The number of aliphatic carboxylic acids is 1. The van der Waals surface area contributed by atoms with Crippen molar-refractivity contribution in [1.29, 1.82) is 0 Å². The van der Waals surface area contributed by atoms with Crippen LogP contribution in [0.25, 0.3) is 0 Å². The number of carbonyl (C=O) groups excluding carboxylic acids is 1. The minimum absolute atomic E-state index is 0.0800. The molecule has 1 aromatic carbocycles. The lowest BCUT2D eigenvalue weighted by Gasteiger charge is -2.37. The Morgan fingerprint density at radius 2 is 1.64 bits per heavy atom. The molecule has 0 saturated carbocycles. The highest BCUT2D eigenvalue weighted by molar-refractivity contribution is 5.87. The first-order chi connectivity index (χ1) is 12.1. The number of carboxylic acids is 1. The van der Waals surface area contributed by atoms with E-state index in [1.807, 2.05) is 24.3 Å². The number of hydrogen-bond donors (Lipinski definition) is 1. The van der Waals surface area contributed by atoms with Crippen molar-refractivity contribution in [1.82, 2.24) is 9.80 Å². The molecule has 1 amide bonds. The zero-order chi connectivity index (χ0) is 17.4. The molecule has 0 spiro atoms. The van der Waals surface area contributed by atoms with E-state index in [0.29, 0.717) is 13.1 Å². The second-order valence-corrected chi connectivity index (χ2v) is 6.93. The lowest BCUT2D eigenvalue weighted by atomic mass is 9.82. The van der Waals surface area contributed by atoms with Crippen molar-refractivity contribution in [2.75, 3.05) is 26.2 Å². The van der Waals surface area contributed by atoms with Gasteiger partial charge < -0.3 is 14.7 Å². The predicted molar refractivity (Wildman–Crippen MR) is 90.7 cm³/mol. The number of rotatable bonds is 4. The first-order valence-corrected chi connectivity index (χ1v) is 8.75. The average Bonchev–Trinajstić information content (AvgIpc) is 3.24. The van der Waals surface area contributed by atoms with Gasteiger partial charge in [-0.3, -0.25) is 14.5 Å². The smallest absolute Gasteiger partial charge is 0.310 e.